The molecule has 37 heavy (non-hydrogen) atoms. The Morgan fingerprint density at radius 1 is 1.16 bits per heavy atom. The fourth-order valence-corrected chi connectivity index (χ4v) is 5.02. The minimum absolute atomic E-state index is 0.00568. The molecule has 200 valence electrons. The number of carbonyl (C=O) groups excluding carboxylic acids is 2. The summed E-state index contributed by atoms with van der Waals surface area (Å²) in [6.45, 7) is 6.13. The van der Waals surface area contributed by atoms with Crippen molar-refractivity contribution in [3.8, 4) is 11.3 Å². The van der Waals surface area contributed by atoms with E-state index in [2.05, 4.69) is 14.8 Å². The molecule has 1 aromatic carbocycles. The van der Waals surface area contributed by atoms with Gasteiger partial charge in [-0.1, -0.05) is 24.3 Å². The number of carboxylic acid groups (broad SMARTS) is 1. The van der Waals surface area contributed by atoms with Crippen molar-refractivity contribution in [1.82, 2.24) is 9.88 Å². The van der Waals surface area contributed by atoms with Gasteiger partial charge in [-0.2, -0.15) is 4.99 Å². The van der Waals surface area contributed by atoms with Crippen molar-refractivity contribution in [2.45, 2.75) is 39.2 Å². The van der Waals surface area contributed by atoms with Crippen LogP contribution in [0.5, 0.6) is 0 Å². The number of carbonyl (C=O) groups is 3. The topological polar surface area (TPSA) is 148 Å². The summed E-state index contributed by atoms with van der Waals surface area (Å²) in [5, 5.41) is 12.0. The predicted molar refractivity (Wildman–Crippen MR) is 141 cm³/mol. The maximum absolute atomic E-state index is 11.8. The van der Waals surface area contributed by atoms with Crippen LogP contribution in [0.2, 0.25) is 0 Å². The molecule has 11 nitrogen and oxygen atoms in total. The largest absolute Gasteiger partial charge is 0.481 e. The summed E-state index contributed by atoms with van der Waals surface area (Å²) in [5.41, 5.74) is 8.11. The molecule has 0 radical (unpaired) electrons. The summed E-state index contributed by atoms with van der Waals surface area (Å²) in [7, 11) is 0. The van der Waals surface area contributed by atoms with Gasteiger partial charge in [0.2, 0.25) is 0 Å². The minimum atomic E-state index is -0.862. The van der Waals surface area contributed by atoms with E-state index < -0.39 is 12.1 Å². The molecule has 1 saturated heterocycles. The predicted octanol–water partition coefficient (Wildman–Crippen LogP) is 2.98. The number of amides is 1. The van der Waals surface area contributed by atoms with Crippen LogP contribution in [0.25, 0.3) is 11.3 Å². The maximum Gasteiger partial charge on any atom is 0.435 e. The van der Waals surface area contributed by atoms with Crippen LogP contribution in [-0.2, 0) is 19.1 Å². The van der Waals surface area contributed by atoms with Gasteiger partial charge >= 0.3 is 18.0 Å². The number of likely N-dealkylation sites (tertiary alicyclic amines) is 1. The second-order valence-corrected chi connectivity index (χ2v) is 9.27. The highest BCUT2D eigenvalue weighted by Gasteiger charge is 2.28. The number of rotatable bonds is 11. The van der Waals surface area contributed by atoms with E-state index in [0.717, 1.165) is 42.3 Å². The van der Waals surface area contributed by atoms with E-state index in [1.807, 2.05) is 17.5 Å². The van der Waals surface area contributed by atoms with Crippen LogP contribution in [0.1, 0.15) is 38.7 Å². The average Bonchev–Trinajstić information content (AvgIpc) is 3.35. The molecule has 0 spiro atoms. The van der Waals surface area contributed by atoms with E-state index in [1.165, 1.54) is 11.3 Å². The number of hydrogen-bond acceptors (Lipinski definition) is 9. The quantitative estimate of drug-likeness (QED) is 0.252. The number of hydrogen-bond donors (Lipinski definition) is 2. The molecule has 3 N–H and O–H groups in total. The third kappa shape index (κ3) is 8.25. The molecule has 1 fully saturated rings. The molecule has 2 heterocycles. The first-order valence-electron chi connectivity index (χ1n) is 12.2. The number of nitrogens with zero attached hydrogens (tertiary/aromatic N) is 4. The number of amidine groups is 1. The summed E-state index contributed by atoms with van der Waals surface area (Å²) in [4.78, 5) is 47.3. The lowest BCUT2D eigenvalue weighted by Crippen LogP contribution is -2.47. The molecule has 0 aliphatic carbocycles. The zero-order valence-corrected chi connectivity index (χ0v) is 21.9. The Kier molecular flexibility index (Phi) is 10.4. The molecule has 1 aromatic heterocycles. The van der Waals surface area contributed by atoms with Crippen LogP contribution >= 0.6 is 11.3 Å². The van der Waals surface area contributed by atoms with E-state index in [1.54, 1.807) is 26.0 Å². The number of thiazole rings is 1. The van der Waals surface area contributed by atoms with Crippen molar-refractivity contribution >= 4 is 40.3 Å². The maximum atomic E-state index is 11.8. The van der Waals surface area contributed by atoms with Crippen LogP contribution < -0.4 is 10.6 Å². The molecule has 0 unspecified atom stereocenters. The Bertz CT molecular complexity index is 1100. The summed E-state index contributed by atoms with van der Waals surface area (Å²) < 4.78 is 9.84. The van der Waals surface area contributed by atoms with Crippen LogP contribution in [0.15, 0.2) is 34.6 Å². The monoisotopic (exact) mass is 531 g/mol. The normalized spacial score (nSPS) is 14.8. The minimum Gasteiger partial charge on any atom is -0.481 e. The number of ether oxygens (including phenoxy) is 2. The highest BCUT2D eigenvalue weighted by Crippen LogP contribution is 2.31. The number of carboxylic acids is 1. The van der Waals surface area contributed by atoms with Crippen molar-refractivity contribution in [1.29, 1.82) is 0 Å². The van der Waals surface area contributed by atoms with Crippen molar-refractivity contribution in [3.63, 3.8) is 0 Å². The number of aliphatic carboxylic acids is 1. The fourth-order valence-electron chi connectivity index (χ4n) is 4.09. The van der Waals surface area contributed by atoms with Gasteiger partial charge in [0.05, 0.1) is 31.9 Å². The highest BCUT2D eigenvalue weighted by atomic mass is 32.1. The third-order valence-electron chi connectivity index (χ3n) is 5.92. The van der Waals surface area contributed by atoms with E-state index >= 15 is 0 Å². The smallest absolute Gasteiger partial charge is 0.435 e. The molecule has 2 aromatic rings. The lowest BCUT2D eigenvalue weighted by atomic mass is 10.0. The molecular formula is C25H33N5O6S. The molecule has 1 aliphatic heterocycles. The Morgan fingerprint density at radius 2 is 1.84 bits per heavy atom. The van der Waals surface area contributed by atoms with Gasteiger partial charge in [0.25, 0.3) is 0 Å². The van der Waals surface area contributed by atoms with E-state index in [4.69, 9.17) is 20.2 Å². The number of nitrogens with two attached hydrogens (primary N) is 1. The third-order valence-corrected chi connectivity index (χ3v) is 6.79. The second-order valence-electron chi connectivity index (χ2n) is 8.44. The number of aromatic nitrogens is 1. The molecule has 0 bridgehead atoms. The van der Waals surface area contributed by atoms with Crippen molar-refractivity contribution < 1.29 is 29.0 Å². The molecular weight excluding hydrogens is 498 g/mol. The van der Waals surface area contributed by atoms with E-state index in [9.17, 15) is 19.5 Å². The fraction of sp³-hybridized carbons (Fsp3) is 0.480. The molecule has 12 heteroatoms. The SMILES string of the molecule is CCOC(=O)CN1CCC(N(CCC(=O)O)c2nc(-c3ccc(C(N)=NC(=O)OCC)cc3)cs2)CC1. The standard InChI is InChI=1S/C25H33N5O6S/c1-3-35-22(33)15-29-12-9-19(10-13-29)30(14-11-21(31)32)24-27-20(16-37-24)17-5-7-18(8-6-17)23(26)28-25(34)36-4-2/h5-8,16,19H,3-4,9-15H2,1-2H3,(H,31,32)(H2,26,28,34). The Hall–Kier alpha value is -3.51. The summed E-state index contributed by atoms with van der Waals surface area (Å²) >= 11 is 1.46. The Labute approximate surface area is 219 Å². The van der Waals surface area contributed by atoms with Crippen LogP contribution in [0.4, 0.5) is 9.93 Å². The summed E-state index contributed by atoms with van der Waals surface area (Å²) in [6.07, 6.45) is 0.858. The van der Waals surface area contributed by atoms with E-state index in [0.29, 0.717) is 18.7 Å². The zero-order valence-electron chi connectivity index (χ0n) is 21.1. The molecule has 1 amide bonds. The van der Waals surface area contributed by atoms with Crippen LogP contribution in [0, 0.1) is 0 Å². The van der Waals surface area contributed by atoms with Crippen LogP contribution in [0.3, 0.4) is 0 Å². The molecule has 3 rings (SSSR count). The van der Waals surface area contributed by atoms with Crippen molar-refractivity contribution in [2.75, 3.05) is 44.3 Å². The van der Waals surface area contributed by atoms with Crippen molar-refractivity contribution in [2.24, 2.45) is 10.7 Å². The number of aliphatic imine (C=N–C) groups is 1. The zero-order chi connectivity index (χ0) is 26.8. The second kappa shape index (κ2) is 13.7. The van der Waals surface area contributed by atoms with Gasteiger partial charge < -0.3 is 25.2 Å². The highest BCUT2D eigenvalue weighted by molar-refractivity contribution is 7.14. The van der Waals surface area contributed by atoms with Gasteiger partial charge in [0.1, 0.15) is 5.84 Å². The first-order valence-corrected chi connectivity index (χ1v) is 13.1. The Morgan fingerprint density at radius 3 is 2.46 bits per heavy atom. The Balaban J connectivity index is 1.70. The van der Waals surface area contributed by atoms with Gasteiger partial charge in [-0.25, -0.2) is 9.78 Å². The lowest BCUT2D eigenvalue weighted by molar-refractivity contribution is -0.144. The molecule has 0 atom stereocenters. The lowest BCUT2D eigenvalue weighted by Gasteiger charge is -2.38. The number of esters is 1. The number of anilines is 1. The van der Waals surface area contributed by atoms with Crippen LogP contribution in [-0.4, -0.2) is 84.3 Å². The first-order chi connectivity index (χ1) is 17.8. The van der Waals surface area contributed by atoms with Gasteiger partial charge in [-0.05, 0) is 26.7 Å². The summed E-state index contributed by atoms with van der Waals surface area (Å²) in [5.74, 6) is -1.02. The summed E-state index contributed by atoms with van der Waals surface area (Å²) in [6, 6.07) is 7.33. The van der Waals surface area contributed by atoms with Gasteiger partial charge in [0.15, 0.2) is 5.13 Å². The van der Waals surface area contributed by atoms with Gasteiger partial charge in [-0.3, -0.25) is 14.5 Å². The molecule has 1 aliphatic rings. The van der Waals surface area contributed by atoms with Gasteiger partial charge in [0, 0.05) is 42.2 Å². The van der Waals surface area contributed by atoms with Gasteiger partial charge in [-0.15, -0.1) is 11.3 Å². The van der Waals surface area contributed by atoms with Crippen molar-refractivity contribution in [3.05, 3.63) is 35.2 Å². The first kappa shape index (κ1) is 28.1. The van der Waals surface area contributed by atoms with E-state index in [-0.39, 0.29) is 37.4 Å². The number of piperidine rings is 1. The average molecular weight is 532 g/mol. The number of benzene rings is 1. The molecule has 0 saturated carbocycles.